The average Bonchev–Trinajstić information content (AvgIpc) is 2.92. The van der Waals surface area contributed by atoms with Crippen molar-refractivity contribution in [3.05, 3.63) is 83.4 Å². The molecule has 0 heterocycles. The number of aromatic carboxylic acids is 1. The molecule has 0 aliphatic heterocycles. The molecule has 0 aliphatic carbocycles. The standard InChI is InChI=1S/C27H24N4O9.Na/c32-23(33)11-13-28-25(36)16-1-5-18(6-2-16)30-31-19-7-10-22(21(15-19)27(38)39)40-20-8-3-17(4-9-20)26(37)29-14-12-24(34)35;/h1-10,15H,11-14H2,(H,28,36)(H,29,37)(H,32,33)(H,34,35)(H,38,39);/q;+1/p-1. The van der Waals surface area contributed by atoms with Crippen molar-refractivity contribution in [2.24, 2.45) is 10.2 Å². The van der Waals surface area contributed by atoms with Gasteiger partial charge in [-0.05, 0) is 66.7 Å². The molecule has 0 unspecified atom stereocenters. The minimum absolute atomic E-state index is 0. The van der Waals surface area contributed by atoms with Crippen molar-refractivity contribution >= 4 is 41.1 Å². The number of aliphatic carboxylic acids is 2. The van der Waals surface area contributed by atoms with E-state index in [4.69, 9.17) is 14.9 Å². The maximum atomic E-state index is 12.1. The van der Waals surface area contributed by atoms with Gasteiger partial charge in [-0.1, -0.05) is 0 Å². The number of carbonyl (C=O) groups is 5. The number of amides is 2. The average molecular weight is 570 g/mol. The number of carboxylic acids is 3. The summed E-state index contributed by atoms with van der Waals surface area (Å²) < 4.78 is 5.64. The minimum atomic E-state index is -1.51. The third-order valence-corrected chi connectivity index (χ3v) is 5.19. The molecule has 206 valence electrons. The number of nitrogens with one attached hydrogen (secondary N) is 2. The Morgan fingerprint density at radius 1 is 0.707 bits per heavy atom. The number of hydrogen-bond donors (Lipinski definition) is 4. The second kappa shape index (κ2) is 15.9. The van der Waals surface area contributed by atoms with Gasteiger partial charge in [0.2, 0.25) is 0 Å². The number of carboxylic acid groups (broad SMARTS) is 3. The first-order valence-corrected chi connectivity index (χ1v) is 11.8. The van der Waals surface area contributed by atoms with Crippen LogP contribution in [0.2, 0.25) is 0 Å². The Kier molecular flexibility index (Phi) is 12.6. The van der Waals surface area contributed by atoms with Crippen molar-refractivity contribution in [2.75, 3.05) is 13.1 Å². The molecule has 0 aliphatic rings. The Morgan fingerprint density at radius 2 is 1.17 bits per heavy atom. The van der Waals surface area contributed by atoms with Crippen LogP contribution in [0, 0.1) is 0 Å². The van der Waals surface area contributed by atoms with Gasteiger partial charge in [0.05, 0.1) is 30.2 Å². The van der Waals surface area contributed by atoms with Gasteiger partial charge in [-0.15, -0.1) is 0 Å². The van der Waals surface area contributed by atoms with Crippen LogP contribution in [0.15, 0.2) is 77.0 Å². The Balaban J connectivity index is 0.00000588. The van der Waals surface area contributed by atoms with Crippen molar-refractivity contribution in [1.29, 1.82) is 0 Å². The molecule has 4 N–H and O–H groups in total. The molecule has 0 bridgehead atoms. The van der Waals surface area contributed by atoms with E-state index in [1.165, 1.54) is 66.7 Å². The van der Waals surface area contributed by atoms with Gasteiger partial charge in [0, 0.05) is 29.8 Å². The predicted molar refractivity (Wildman–Crippen MR) is 137 cm³/mol. The van der Waals surface area contributed by atoms with E-state index >= 15 is 0 Å². The fourth-order valence-electron chi connectivity index (χ4n) is 3.20. The van der Waals surface area contributed by atoms with Crippen molar-refractivity contribution in [2.45, 2.75) is 12.8 Å². The van der Waals surface area contributed by atoms with E-state index in [-0.39, 0.29) is 83.8 Å². The van der Waals surface area contributed by atoms with Crippen LogP contribution in [-0.2, 0) is 9.59 Å². The molecule has 41 heavy (non-hydrogen) atoms. The van der Waals surface area contributed by atoms with Crippen LogP contribution < -0.4 is 50.0 Å². The number of ether oxygens (including phenoxy) is 1. The largest absolute Gasteiger partial charge is 1.00 e. The first-order chi connectivity index (χ1) is 19.1. The van der Waals surface area contributed by atoms with E-state index in [0.29, 0.717) is 11.3 Å². The Morgan fingerprint density at radius 3 is 1.66 bits per heavy atom. The zero-order chi connectivity index (χ0) is 29.1. The third kappa shape index (κ3) is 10.5. The fourth-order valence-corrected chi connectivity index (χ4v) is 3.20. The van der Waals surface area contributed by atoms with E-state index in [1.54, 1.807) is 0 Å². The summed E-state index contributed by atoms with van der Waals surface area (Å²) in [5.74, 6) is -4.27. The summed E-state index contributed by atoms with van der Waals surface area (Å²) in [7, 11) is 0. The Bertz CT molecular complexity index is 1440. The summed E-state index contributed by atoms with van der Waals surface area (Å²) in [6.45, 7) is -0.0293. The summed E-state index contributed by atoms with van der Waals surface area (Å²) in [5.41, 5.74) is 0.845. The Labute approximate surface area is 255 Å². The monoisotopic (exact) mass is 570 g/mol. The SMILES string of the molecule is O=C(O)CCNC(=O)c1ccc(N=Nc2ccc(Oc3ccc(C(=O)NCCC(=O)O)cc3)c(C(=O)[O-])c2)cc1.[Na+]. The topological polar surface area (TPSA) is 207 Å². The van der Waals surface area contributed by atoms with Crippen LogP contribution in [0.25, 0.3) is 0 Å². The summed E-state index contributed by atoms with van der Waals surface area (Å²) in [5, 5.41) is 42.0. The molecule has 0 aromatic heterocycles. The van der Waals surface area contributed by atoms with Gasteiger partial charge in [-0.2, -0.15) is 10.2 Å². The molecule has 0 atom stereocenters. The molecule has 0 saturated heterocycles. The van der Waals surface area contributed by atoms with Gasteiger partial charge in [0.15, 0.2) is 0 Å². The second-order valence-corrected chi connectivity index (χ2v) is 8.14. The van der Waals surface area contributed by atoms with E-state index in [1.807, 2.05) is 0 Å². The van der Waals surface area contributed by atoms with Crippen molar-refractivity contribution in [3.63, 3.8) is 0 Å². The molecular weight excluding hydrogens is 547 g/mol. The first kappa shape index (κ1) is 32.6. The first-order valence-electron chi connectivity index (χ1n) is 11.8. The summed E-state index contributed by atoms with van der Waals surface area (Å²) in [6.07, 6.45) is -0.407. The Hall–Kier alpha value is -4.59. The van der Waals surface area contributed by atoms with Crippen LogP contribution >= 0.6 is 0 Å². The molecule has 3 aromatic carbocycles. The number of carbonyl (C=O) groups excluding carboxylic acids is 3. The zero-order valence-electron chi connectivity index (χ0n) is 21.8. The summed E-state index contributed by atoms with van der Waals surface area (Å²) in [6, 6.07) is 15.8. The van der Waals surface area contributed by atoms with Crippen LogP contribution in [-0.4, -0.2) is 53.0 Å². The number of azo groups is 1. The summed E-state index contributed by atoms with van der Waals surface area (Å²) in [4.78, 5) is 56.9. The number of rotatable bonds is 13. The molecule has 3 aromatic rings. The van der Waals surface area contributed by atoms with E-state index in [2.05, 4.69) is 20.9 Å². The van der Waals surface area contributed by atoms with Gasteiger partial charge in [0.25, 0.3) is 11.8 Å². The van der Waals surface area contributed by atoms with Crippen molar-refractivity contribution in [1.82, 2.24) is 10.6 Å². The van der Waals surface area contributed by atoms with Gasteiger partial charge in [0.1, 0.15) is 11.5 Å². The van der Waals surface area contributed by atoms with Crippen molar-refractivity contribution in [3.8, 4) is 11.5 Å². The van der Waals surface area contributed by atoms with E-state index in [9.17, 15) is 29.1 Å². The van der Waals surface area contributed by atoms with Gasteiger partial charge < -0.3 is 35.5 Å². The van der Waals surface area contributed by atoms with Gasteiger partial charge >= 0.3 is 41.5 Å². The number of nitrogens with zero attached hydrogens (tertiary/aromatic N) is 2. The van der Waals surface area contributed by atoms with Gasteiger partial charge in [-0.3, -0.25) is 19.2 Å². The molecule has 3 rings (SSSR count). The fraction of sp³-hybridized carbons (Fsp3) is 0.148. The molecule has 0 saturated carbocycles. The van der Waals surface area contributed by atoms with E-state index in [0.717, 1.165) is 0 Å². The molecular formula is C27H23N4NaO9. The minimum Gasteiger partial charge on any atom is -0.545 e. The molecule has 0 spiro atoms. The smallest absolute Gasteiger partial charge is 0.545 e. The number of hydrogen-bond acceptors (Lipinski definition) is 9. The predicted octanol–water partition coefficient (Wildman–Crippen LogP) is -0.329. The van der Waals surface area contributed by atoms with Crippen LogP contribution in [0.4, 0.5) is 11.4 Å². The summed E-state index contributed by atoms with van der Waals surface area (Å²) >= 11 is 0. The maximum absolute atomic E-state index is 12.1. The second-order valence-electron chi connectivity index (χ2n) is 8.14. The van der Waals surface area contributed by atoms with Crippen LogP contribution in [0.5, 0.6) is 11.5 Å². The molecule has 0 fully saturated rings. The van der Waals surface area contributed by atoms with Crippen LogP contribution in [0.1, 0.15) is 43.9 Å². The van der Waals surface area contributed by atoms with Crippen LogP contribution in [0.3, 0.4) is 0 Å². The molecule has 2 amide bonds. The van der Waals surface area contributed by atoms with Crippen molar-refractivity contribution < 1.29 is 73.6 Å². The zero-order valence-corrected chi connectivity index (χ0v) is 23.8. The van der Waals surface area contributed by atoms with Gasteiger partial charge in [-0.25, -0.2) is 0 Å². The molecule has 0 radical (unpaired) electrons. The third-order valence-electron chi connectivity index (χ3n) is 5.19. The molecule has 13 nitrogen and oxygen atoms in total. The maximum Gasteiger partial charge on any atom is 1.00 e. The molecule has 14 heteroatoms. The normalized spacial score (nSPS) is 10.3. The number of benzene rings is 3. The van der Waals surface area contributed by atoms with E-state index < -0.39 is 29.7 Å². The quantitative estimate of drug-likeness (QED) is 0.157.